The molecule has 304 valence electrons. The van der Waals surface area contributed by atoms with E-state index < -0.39 is 29.9 Å². The number of phenols is 2. The standard InChI is InChI=1S/C21H18N4O5.C20H16N4O6/c1-11-5-7-17(19(27)22-11)25-10-15-13(20(25)28)3-2-4-16(15)24-23-12-6-8-18(26)14(9-12)21(29)30;25-16-6-4-10(8-12(16)20(29)30)22-23-14-3-1-2-11-13(14)9-24(19(11)28)15-5-7-17(26)21-18(15)27/h2-4,6,8-9,17,26H,1,5,7,10H2,(H,22,27)(H,29,30);1-4,6,8,15,25H,5,7,9H2,(H,29,30)(H,21,26,27). The zero-order chi connectivity index (χ0) is 42.8. The summed E-state index contributed by atoms with van der Waals surface area (Å²) in [6, 6.07) is 16.4. The van der Waals surface area contributed by atoms with Crippen LogP contribution in [0.4, 0.5) is 22.7 Å². The number of aromatic carboxylic acids is 2. The molecule has 2 atom stereocenters. The fraction of sp³-hybridized carbons (Fsp3) is 0.195. The fourth-order valence-electron chi connectivity index (χ4n) is 7.14. The number of imide groups is 1. The van der Waals surface area contributed by atoms with Crippen LogP contribution in [0.3, 0.4) is 0 Å². The summed E-state index contributed by atoms with van der Waals surface area (Å²) >= 11 is 0. The minimum atomic E-state index is -1.30. The van der Waals surface area contributed by atoms with E-state index in [-0.39, 0.29) is 83.6 Å². The Balaban J connectivity index is 0.000000181. The van der Waals surface area contributed by atoms with Crippen molar-refractivity contribution in [2.45, 2.75) is 50.9 Å². The highest BCUT2D eigenvalue weighted by Gasteiger charge is 2.41. The van der Waals surface area contributed by atoms with Gasteiger partial charge in [0.25, 0.3) is 11.8 Å². The summed E-state index contributed by atoms with van der Waals surface area (Å²) in [5, 5.41) is 58.7. The molecule has 60 heavy (non-hydrogen) atoms. The van der Waals surface area contributed by atoms with Crippen LogP contribution in [0.15, 0.2) is 106 Å². The molecule has 0 aromatic heterocycles. The van der Waals surface area contributed by atoms with Gasteiger partial charge in [-0.05, 0) is 79.9 Å². The maximum Gasteiger partial charge on any atom is 0.339 e. The van der Waals surface area contributed by atoms with E-state index in [2.05, 4.69) is 37.7 Å². The highest BCUT2D eigenvalue weighted by molar-refractivity contribution is 6.06. The van der Waals surface area contributed by atoms with Crippen LogP contribution in [0.25, 0.3) is 0 Å². The zero-order valence-electron chi connectivity index (χ0n) is 31.4. The monoisotopic (exact) mass is 814 g/mol. The van der Waals surface area contributed by atoms with Crippen molar-refractivity contribution in [3.63, 3.8) is 0 Å². The number of carboxylic acids is 2. The van der Waals surface area contributed by atoms with Gasteiger partial charge in [-0.1, -0.05) is 18.7 Å². The third kappa shape index (κ3) is 8.03. The van der Waals surface area contributed by atoms with Crippen LogP contribution in [-0.4, -0.2) is 83.8 Å². The Labute approximate surface area is 339 Å². The zero-order valence-corrected chi connectivity index (χ0v) is 31.4. The van der Waals surface area contributed by atoms with E-state index in [9.17, 15) is 43.8 Å². The van der Waals surface area contributed by atoms with Gasteiger partial charge in [-0.15, -0.1) is 0 Å². The molecule has 4 heterocycles. The SMILES string of the molecule is C=C1CCC(N2Cc3c(N=Nc4ccc(O)c(C(=O)O)c4)cccc3C2=O)C(=O)N1.O=C1CCC(N2Cc3c(N=Nc4ccc(O)c(C(=O)O)c4)cccc3C2=O)C(=O)N1. The number of hydrogen-bond acceptors (Lipinski definition) is 13. The van der Waals surface area contributed by atoms with Crippen LogP contribution in [0, 0.1) is 0 Å². The summed E-state index contributed by atoms with van der Waals surface area (Å²) in [6.45, 7) is 4.13. The molecule has 19 heteroatoms. The summed E-state index contributed by atoms with van der Waals surface area (Å²) in [5.74, 6) is -4.99. The highest BCUT2D eigenvalue weighted by atomic mass is 16.4. The topological polar surface area (TPSA) is 280 Å². The Morgan fingerprint density at radius 3 is 1.50 bits per heavy atom. The van der Waals surface area contributed by atoms with Crippen LogP contribution in [0.2, 0.25) is 0 Å². The first kappa shape index (κ1) is 40.1. The van der Waals surface area contributed by atoms with Gasteiger partial charge in [0.15, 0.2) is 0 Å². The maximum atomic E-state index is 12.9. The molecule has 0 saturated carbocycles. The number of carbonyl (C=O) groups excluding carboxylic acids is 5. The molecule has 0 aliphatic carbocycles. The van der Waals surface area contributed by atoms with E-state index in [1.807, 2.05) is 0 Å². The van der Waals surface area contributed by atoms with Gasteiger partial charge in [0.1, 0.15) is 34.7 Å². The number of nitrogens with one attached hydrogen (secondary N) is 2. The first-order valence-corrected chi connectivity index (χ1v) is 18.3. The highest BCUT2D eigenvalue weighted by Crippen LogP contribution is 2.37. The molecular formula is C41H34N8O11. The average Bonchev–Trinajstić information content (AvgIpc) is 3.73. The number of fused-ring (bicyclic) bond motifs is 2. The Morgan fingerprint density at radius 1 is 0.617 bits per heavy atom. The van der Waals surface area contributed by atoms with Crippen LogP contribution >= 0.6 is 0 Å². The molecule has 4 aliphatic rings. The van der Waals surface area contributed by atoms with E-state index in [0.29, 0.717) is 52.2 Å². The third-order valence-electron chi connectivity index (χ3n) is 10.2. The molecule has 5 amide bonds. The van der Waals surface area contributed by atoms with Crippen molar-refractivity contribution >= 4 is 64.2 Å². The number of azo groups is 2. The molecule has 2 unspecified atom stereocenters. The van der Waals surface area contributed by atoms with E-state index >= 15 is 0 Å². The lowest BCUT2D eigenvalue weighted by atomic mass is 10.0. The molecular weight excluding hydrogens is 780 g/mol. The first-order chi connectivity index (χ1) is 28.7. The number of allylic oxidation sites excluding steroid dienone is 1. The quantitative estimate of drug-likeness (QED) is 0.0951. The average molecular weight is 815 g/mol. The lowest BCUT2D eigenvalue weighted by Crippen LogP contribution is -2.52. The van der Waals surface area contributed by atoms with Crippen LogP contribution in [-0.2, 0) is 27.5 Å². The molecule has 19 nitrogen and oxygen atoms in total. The number of benzene rings is 4. The van der Waals surface area contributed by atoms with E-state index in [1.165, 1.54) is 46.2 Å². The Hall–Kier alpha value is -8.09. The molecule has 4 aromatic rings. The molecule has 0 spiro atoms. The van der Waals surface area contributed by atoms with Crippen molar-refractivity contribution < 1.29 is 54.0 Å². The van der Waals surface area contributed by atoms with Crippen molar-refractivity contribution in [3.05, 3.63) is 118 Å². The summed E-state index contributed by atoms with van der Waals surface area (Å²) in [5.41, 5.74) is 3.48. The molecule has 2 fully saturated rings. The Morgan fingerprint density at radius 2 is 1.07 bits per heavy atom. The van der Waals surface area contributed by atoms with Gasteiger partial charge >= 0.3 is 11.9 Å². The molecule has 4 aromatic carbocycles. The fourth-order valence-corrected chi connectivity index (χ4v) is 7.14. The largest absolute Gasteiger partial charge is 0.507 e. The predicted molar refractivity (Wildman–Crippen MR) is 208 cm³/mol. The normalized spacial score (nSPS) is 18.6. The Bertz CT molecular complexity index is 2430. The van der Waals surface area contributed by atoms with Gasteiger partial charge in [-0.2, -0.15) is 20.5 Å². The molecule has 0 radical (unpaired) electrons. The first-order valence-electron chi connectivity index (χ1n) is 18.3. The third-order valence-corrected chi connectivity index (χ3v) is 10.2. The lowest BCUT2D eigenvalue weighted by Gasteiger charge is -2.30. The van der Waals surface area contributed by atoms with Crippen molar-refractivity contribution in [3.8, 4) is 11.5 Å². The van der Waals surface area contributed by atoms with E-state index in [1.54, 1.807) is 36.4 Å². The minimum Gasteiger partial charge on any atom is -0.507 e. The number of nitrogens with zero attached hydrogens (tertiary/aromatic N) is 6. The number of piperidine rings is 2. The molecule has 4 aliphatic heterocycles. The lowest BCUT2D eigenvalue weighted by molar-refractivity contribution is -0.137. The minimum absolute atomic E-state index is 0.144. The number of rotatable bonds is 8. The van der Waals surface area contributed by atoms with E-state index in [0.717, 1.165) is 0 Å². The number of carboxylic acid groups (broad SMARTS) is 2. The van der Waals surface area contributed by atoms with E-state index in [4.69, 9.17) is 10.2 Å². The molecule has 8 rings (SSSR count). The van der Waals surface area contributed by atoms with Gasteiger partial charge < -0.3 is 35.5 Å². The predicted octanol–water partition coefficient (Wildman–Crippen LogP) is 5.52. The van der Waals surface area contributed by atoms with Crippen molar-refractivity contribution in [1.29, 1.82) is 0 Å². The number of amides is 5. The summed E-state index contributed by atoms with van der Waals surface area (Å²) in [6.07, 6.45) is 1.53. The number of aromatic hydroxyl groups is 2. The summed E-state index contributed by atoms with van der Waals surface area (Å²) < 4.78 is 0. The van der Waals surface area contributed by atoms with Crippen molar-refractivity contribution in [2.24, 2.45) is 20.5 Å². The number of carbonyl (C=O) groups is 7. The Kier molecular flexibility index (Phi) is 11.0. The maximum absolute atomic E-state index is 12.9. The van der Waals surface area contributed by atoms with Gasteiger partial charge in [0.2, 0.25) is 17.7 Å². The van der Waals surface area contributed by atoms with Crippen LogP contribution in [0.5, 0.6) is 11.5 Å². The summed E-state index contributed by atoms with van der Waals surface area (Å²) in [7, 11) is 0. The molecule has 0 bridgehead atoms. The van der Waals surface area contributed by atoms with Gasteiger partial charge in [0, 0.05) is 47.5 Å². The van der Waals surface area contributed by atoms with Crippen molar-refractivity contribution in [1.82, 2.24) is 20.4 Å². The number of hydrogen-bond donors (Lipinski definition) is 6. The van der Waals surface area contributed by atoms with Gasteiger partial charge in [0.05, 0.1) is 22.7 Å². The molecule has 2 saturated heterocycles. The van der Waals surface area contributed by atoms with Crippen LogP contribution < -0.4 is 10.6 Å². The second kappa shape index (κ2) is 16.4. The second-order valence-electron chi connectivity index (χ2n) is 14.0. The summed E-state index contributed by atoms with van der Waals surface area (Å²) in [4.78, 5) is 86.8. The second-order valence-corrected chi connectivity index (χ2v) is 14.0. The molecule has 6 N–H and O–H groups in total. The van der Waals surface area contributed by atoms with Crippen molar-refractivity contribution in [2.75, 3.05) is 0 Å². The van der Waals surface area contributed by atoms with Gasteiger partial charge in [-0.3, -0.25) is 29.3 Å². The van der Waals surface area contributed by atoms with Gasteiger partial charge in [-0.25, -0.2) is 9.59 Å². The van der Waals surface area contributed by atoms with Crippen LogP contribution in [0.1, 0.15) is 78.2 Å². The smallest absolute Gasteiger partial charge is 0.339 e.